The average Bonchev–Trinajstić information content (AvgIpc) is 2.64. The predicted molar refractivity (Wildman–Crippen MR) is 110 cm³/mol. The van der Waals surface area contributed by atoms with Crippen molar-refractivity contribution in [1.29, 1.82) is 0 Å². The molecule has 3 N–H and O–H groups in total. The van der Waals surface area contributed by atoms with Gasteiger partial charge in [-0.2, -0.15) is 0 Å². The van der Waals surface area contributed by atoms with Crippen LogP contribution in [0.25, 0.3) is 0 Å². The fourth-order valence-electron chi connectivity index (χ4n) is 3.06. The van der Waals surface area contributed by atoms with Gasteiger partial charge in [-0.05, 0) is 37.2 Å². The highest BCUT2D eigenvalue weighted by Crippen LogP contribution is 2.23. The maximum atomic E-state index is 11.2. The molecule has 1 aromatic carbocycles. The minimum absolute atomic E-state index is 0.0485. The van der Waals surface area contributed by atoms with Gasteiger partial charge in [-0.3, -0.25) is 10.1 Å². The van der Waals surface area contributed by atoms with Crippen molar-refractivity contribution in [3.63, 3.8) is 0 Å². The van der Waals surface area contributed by atoms with E-state index in [2.05, 4.69) is 27.3 Å². The molecule has 0 atom stereocenters. The molecule has 0 aliphatic heterocycles. The number of guanidine groups is 1. The molecule has 10 heteroatoms. The Morgan fingerprint density at radius 1 is 1.18 bits per heavy atom. The van der Waals surface area contributed by atoms with E-state index in [0.717, 1.165) is 30.6 Å². The van der Waals surface area contributed by atoms with Gasteiger partial charge in [0, 0.05) is 31.3 Å². The fourth-order valence-corrected chi connectivity index (χ4v) is 3.53. The molecule has 0 saturated heterocycles. The number of nitrogens with one attached hydrogen (secondary N) is 3. The van der Waals surface area contributed by atoms with E-state index in [1.54, 1.807) is 12.1 Å². The van der Waals surface area contributed by atoms with Gasteiger partial charge in [-0.1, -0.05) is 19.1 Å². The number of hydrogen-bond acceptors (Lipinski definition) is 5. The smallest absolute Gasteiger partial charge is 0.269 e. The summed E-state index contributed by atoms with van der Waals surface area (Å²) in [4.78, 5) is 14.9. The van der Waals surface area contributed by atoms with Crippen LogP contribution >= 0.6 is 0 Å². The Bertz CT molecular complexity index is 772. The van der Waals surface area contributed by atoms with Crippen LogP contribution in [0.1, 0.15) is 38.2 Å². The highest BCUT2D eigenvalue weighted by Gasteiger charge is 2.19. The average molecular weight is 412 g/mol. The molecule has 1 aliphatic carbocycles. The summed E-state index contributed by atoms with van der Waals surface area (Å²) in [5.74, 6) is 1.36. The van der Waals surface area contributed by atoms with E-state index in [1.807, 2.05) is 0 Å². The van der Waals surface area contributed by atoms with Gasteiger partial charge in [0.15, 0.2) is 5.96 Å². The van der Waals surface area contributed by atoms with Crippen molar-refractivity contribution >= 4 is 21.7 Å². The van der Waals surface area contributed by atoms with Crippen LogP contribution in [0.15, 0.2) is 29.3 Å². The summed E-state index contributed by atoms with van der Waals surface area (Å²) in [6, 6.07) is 6.63. The third kappa shape index (κ3) is 8.22. The molecule has 0 radical (unpaired) electrons. The molecule has 0 heterocycles. The molecule has 2 rings (SSSR count). The molecule has 156 valence electrons. The first-order chi connectivity index (χ1) is 13.2. The SMILES string of the molecule is CC1CCC(NC(=NCc2ccc([N+](=O)[O-])cc2)NCCNS(C)(=O)=O)CC1. The Hall–Kier alpha value is -2.20. The lowest BCUT2D eigenvalue weighted by molar-refractivity contribution is -0.384. The Morgan fingerprint density at radius 2 is 1.82 bits per heavy atom. The van der Waals surface area contributed by atoms with E-state index < -0.39 is 14.9 Å². The summed E-state index contributed by atoms with van der Waals surface area (Å²) in [6.45, 7) is 3.30. The Kier molecular flexibility index (Phi) is 8.18. The number of non-ortho nitro benzene ring substituents is 1. The molecule has 1 saturated carbocycles. The van der Waals surface area contributed by atoms with Crippen LogP contribution in [0.3, 0.4) is 0 Å². The van der Waals surface area contributed by atoms with Crippen LogP contribution in [0, 0.1) is 16.0 Å². The molecule has 1 aliphatic rings. The third-order valence-electron chi connectivity index (χ3n) is 4.71. The molecule has 0 bridgehead atoms. The summed E-state index contributed by atoms with van der Waals surface area (Å²) in [6.07, 6.45) is 5.60. The second-order valence-electron chi connectivity index (χ2n) is 7.28. The molecule has 0 unspecified atom stereocenters. The van der Waals surface area contributed by atoms with Gasteiger partial charge in [0.2, 0.25) is 10.0 Å². The summed E-state index contributed by atoms with van der Waals surface area (Å²) in [5, 5.41) is 17.3. The molecule has 0 aromatic heterocycles. The van der Waals surface area contributed by atoms with Crippen molar-refractivity contribution in [2.75, 3.05) is 19.3 Å². The summed E-state index contributed by atoms with van der Waals surface area (Å²) in [7, 11) is -3.23. The number of rotatable bonds is 8. The Labute approximate surface area is 166 Å². The molecule has 28 heavy (non-hydrogen) atoms. The monoisotopic (exact) mass is 411 g/mol. The first-order valence-corrected chi connectivity index (χ1v) is 11.3. The van der Waals surface area contributed by atoms with Gasteiger partial charge in [0.05, 0.1) is 17.7 Å². The normalized spacial score (nSPS) is 20.6. The van der Waals surface area contributed by atoms with Gasteiger partial charge in [0.1, 0.15) is 0 Å². The molecular weight excluding hydrogens is 382 g/mol. The van der Waals surface area contributed by atoms with Crippen molar-refractivity contribution in [3.8, 4) is 0 Å². The second kappa shape index (κ2) is 10.4. The number of aliphatic imine (C=N–C) groups is 1. The lowest BCUT2D eigenvalue weighted by Gasteiger charge is -2.28. The molecule has 0 amide bonds. The van der Waals surface area contributed by atoms with Crippen molar-refractivity contribution in [2.24, 2.45) is 10.9 Å². The number of nitro benzene ring substituents is 1. The summed E-state index contributed by atoms with van der Waals surface area (Å²) in [5.41, 5.74) is 0.908. The zero-order chi connectivity index (χ0) is 20.6. The summed E-state index contributed by atoms with van der Waals surface area (Å²) < 4.78 is 24.8. The van der Waals surface area contributed by atoms with E-state index in [-0.39, 0.29) is 12.2 Å². The molecular formula is C18H29N5O4S. The molecule has 1 fully saturated rings. The zero-order valence-electron chi connectivity index (χ0n) is 16.3. The predicted octanol–water partition coefficient (Wildman–Crippen LogP) is 1.76. The number of nitrogens with zero attached hydrogens (tertiary/aromatic N) is 2. The van der Waals surface area contributed by atoms with Crippen LogP contribution in [0.2, 0.25) is 0 Å². The topological polar surface area (TPSA) is 126 Å². The largest absolute Gasteiger partial charge is 0.355 e. The van der Waals surface area contributed by atoms with E-state index >= 15 is 0 Å². The van der Waals surface area contributed by atoms with Crippen LogP contribution in [-0.4, -0.2) is 44.7 Å². The number of sulfonamides is 1. The van der Waals surface area contributed by atoms with E-state index in [4.69, 9.17) is 0 Å². The van der Waals surface area contributed by atoms with E-state index in [9.17, 15) is 18.5 Å². The highest BCUT2D eigenvalue weighted by atomic mass is 32.2. The maximum Gasteiger partial charge on any atom is 0.269 e. The van der Waals surface area contributed by atoms with E-state index in [1.165, 1.54) is 25.0 Å². The number of hydrogen-bond donors (Lipinski definition) is 3. The quantitative estimate of drug-likeness (QED) is 0.197. The second-order valence-corrected chi connectivity index (χ2v) is 9.12. The van der Waals surface area contributed by atoms with Gasteiger partial charge >= 0.3 is 0 Å². The molecule has 1 aromatic rings. The Balaban J connectivity index is 1.96. The first kappa shape index (κ1) is 22.1. The van der Waals surface area contributed by atoms with Crippen LogP contribution in [-0.2, 0) is 16.6 Å². The van der Waals surface area contributed by atoms with Gasteiger partial charge < -0.3 is 10.6 Å². The van der Waals surface area contributed by atoms with Gasteiger partial charge in [-0.15, -0.1) is 0 Å². The standard InChI is InChI=1S/C18H29N5O4S/c1-14-3-7-16(8-4-14)22-18(19-11-12-21-28(2,26)27)20-13-15-5-9-17(10-6-15)23(24)25/h5-6,9-10,14,16,21H,3-4,7-8,11-13H2,1-2H3,(H2,19,20,22). The van der Waals surface area contributed by atoms with Gasteiger partial charge in [-0.25, -0.2) is 18.1 Å². The lowest BCUT2D eigenvalue weighted by Crippen LogP contribution is -2.46. The number of benzene rings is 1. The van der Waals surface area contributed by atoms with Crippen molar-refractivity contribution in [3.05, 3.63) is 39.9 Å². The van der Waals surface area contributed by atoms with Crippen molar-refractivity contribution < 1.29 is 13.3 Å². The highest BCUT2D eigenvalue weighted by molar-refractivity contribution is 7.88. The number of nitro groups is 1. The molecule has 0 spiro atoms. The summed E-state index contributed by atoms with van der Waals surface area (Å²) >= 11 is 0. The van der Waals surface area contributed by atoms with Crippen molar-refractivity contribution in [1.82, 2.24) is 15.4 Å². The van der Waals surface area contributed by atoms with Crippen LogP contribution < -0.4 is 15.4 Å². The first-order valence-electron chi connectivity index (χ1n) is 9.46. The zero-order valence-corrected chi connectivity index (χ0v) is 17.2. The minimum Gasteiger partial charge on any atom is -0.355 e. The van der Waals surface area contributed by atoms with E-state index in [0.29, 0.717) is 25.1 Å². The van der Waals surface area contributed by atoms with Crippen LogP contribution in [0.4, 0.5) is 5.69 Å². The minimum atomic E-state index is -3.23. The van der Waals surface area contributed by atoms with Gasteiger partial charge in [0.25, 0.3) is 5.69 Å². The van der Waals surface area contributed by atoms with Crippen LogP contribution in [0.5, 0.6) is 0 Å². The third-order valence-corrected chi connectivity index (χ3v) is 5.43. The maximum absolute atomic E-state index is 11.2. The fraction of sp³-hybridized carbons (Fsp3) is 0.611. The Morgan fingerprint density at radius 3 is 2.39 bits per heavy atom. The molecule has 9 nitrogen and oxygen atoms in total. The van der Waals surface area contributed by atoms with Crippen molar-refractivity contribution in [2.45, 2.75) is 45.2 Å². The lowest BCUT2D eigenvalue weighted by atomic mass is 9.87.